The summed E-state index contributed by atoms with van der Waals surface area (Å²) < 4.78 is 15.5. The van der Waals surface area contributed by atoms with Gasteiger partial charge in [-0.15, -0.1) is 0 Å². The van der Waals surface area contributed by atoms with Crippen LogP contribution >= 0.6 is 0 Å². The van der Waals surface area contributed by atoms with Crippen LogP contribution in [0.25, 0.3) is 17.4 Å². The molecule has 1 heterocycles. The average Bonchev–Trinajstić information content (AvgIpc) is 3.21. The second-order valence-electron chi connectivity index (χ2n) is 5.77. The number of nitrogens with zero attached hydrogens (tertiary/aromatic N) is 1. The van der Waals surface area contributed by atoms with Gasteiger partial charge < -0.3 is 19.2 Å². The van der Waals surface area contributed by atoms with E-state index in [0.29, 0.717) is 22.8 Å². The number of hydrogen-bond acceptors (Lipinski definition) is 6. The molecule has 1 amide bonds. The molecule has 0 saturated carbocycles. The zero-order valence-corrected chi connectivity index (χ0v) is 15.3. The number of carbonyl (C=O) groups is 2. The molecule has 0 bridgehead atoms. The minimum absolute atomic E-state index is 0.289. The number of carbonyl (C=O) groups excluding carboxylic acids is 2. The molecule has 0 aliphatic heterocycles. The highest BCUT2D eigenvalue weighted by atomic mass is 16.6. The predicted molar refractivity (Wildman–Crippen MR) is 104 cm³/mol. The van der Waals surface area contributed by atoms with E-state index in [1.807, 2.05) is 12.1 Å². The van der Waals surface area contributed by atoms with Gasteiger partial charge in [0, 0.05) is 24.3 Å². The molecule has 0 atom stereocenters. The van der Waals surface area contributed by atoms with Gasteiger partial charge >= 0.3 is 5.97 Å². The van der Waals surface area contributed by atoms with Gasteiger partial charge in [0.05, 0.1) is 13.3 Å². The fraction of sp³-hybridized carbons (Fsp3) is 0.0952. The Kier molecular flexibility index (Phi) is 5.86. The van der Waals surface area contributed by atoms with Gasteiger partial charge in [-0.25, -0.2) is 4.98 Å². The van der Waals surface area contributed by atoms with Crippen LogP contribution in [-0.4, -0.2) is 24.0 Å². The first-order valence-electron chi connectivity index (χ1n) is 8.39. The topological polar surface area (TPSA) is 90.7 Å². The third kappa shape index (κ3) is 4.85. The average molecular weight is 378 g/mol. The summed E-state index contributed by atoms with van der Waals surface area (Å²) in [5.74, 6) is 0.574. The van der Waals surface area contributed by atoms with E-state index in [2.05, 4.69) is 10.3 Å². The molecule has 3 rings (SSSR count). The van der Waals surface area contributed by atoms with Crippen molar-refractivity contribution >= 4 is 23.6 Å². The van der Waals surface area contributed by atoms with Crippen LogP contribution in [0.2, 0.25) is 0 Å². The van der Waals surface area contributed by atoms with Crippen molar-refractivity contribution in [3.63, 3.8) is 0 Å². The van der Waals surface area contributed by atoms with Crippen LogP contribution in [0, 0.1) is 0 Å². The Bertz CT molecular complexity index is 1010. The highest BCUT2D eigenvalue weighted by Crippen LogP contribution is 2.28. The zero-order valence-electron chi connectivity index (χ0n) is 15.3. The number of rotatable bonds is 6. The quantitative estimate of drug-likeness (QED) is 0.397. The lowest BCUT2D eigenvalue weighted by atomic mass is 10.1. The lowest BCUT2D eigenvalue weighted by molar-refractivity contribution is -0.132. The van der Waals surface area contributed by atoms with Crippen LogP contribution in [0.1, 0.15) is 12.5 Å². The smallest absolute Gasteiger partial charge is 0.308 e. The van der Waals surface area contributed by atoms with Crippen LogP contribution in [0.15, 0.2) is 65.5 Å². The highest BCUT2D eigenvalue weighted by molar-refractivity contribution is 6.02. The third-order valence-electron chi connectivity index (χ3n) is 3.72. The van der Waals surface area contributed by atoms with E-state index in [1.54, 1.807) is 42.6 Å². The Labute approximate surface area is 161 Å². The molecule has 1 aromatic heterocycles. The van der Waals surface area contributed by atoms with E-state index < -0.39 is 5.97 Å². The van der Waals surface area contributed by atoms with Crippen LogP contribution in [0.3, 0.4) is 0 Å². The van der Waals surface area contributed by atoms with Gasteiger partial charge in [-0.3, -0.25) is 9.59 Å². The standard InChI is InChI=1S/C21H18N2O5/c1-14(24)28-19-10-15(6-8-18(19)26-2)7-9-21(25)23-17-5-3-4-16(11-17)20-12-22-13-27-20/h3-13H,1-2H3,(H,23,25)/b9-7+. The molecule has 0 radical (unpaired) electrons. The predicted octanol–water partition coefficient (Wildman–Crippen LogP) is 3.93. The van der Waals surface area contributed by atoms with Crippen molar-refractivity contribution < 1.29 is 23.5 Å². The van der Waals surface area contributed by atoms with Gasteiger partial charge in [-0.05, 0) is 35.9 Å². The maximum atomic E-state index is 12.2. The largest absolute Gasteiger partial charge is 0.493 e. The number of esters is 1. The number of methoxy groups -OCH3 is 1. The van der Waals surface area contributed by atoms with Crippen LogP contribution in [-0.2, 0) is 9.59 Å². The number of ether oxygens (including phenoxy) is 2. The van der Waals surface area contributed by atoms with Crippen LogP contribution < -0.4 is 14.8 Å². The molecule has 142 valence electrons. The zero-order chi connectivity index (χ0) is 19.9. The summed E-state index contributed by atoms with van der Waals surface area (Å²) in [5, 5.41) is 2.79. The maximum absolute atomic E-state index is 12.2. The Morgan fingerprint density at radius 3 is 2.71 bits per heavy atom. The molecule has 1 N–H and O–H groups in total. The molecule has 0 aliphatic rings. The molecule has 0 aliphatic carbocycles. The lowest BCUT2D eigenvalue weighted by Crippen LogP contribution is -2.07. The van der Waals surface area contributed by atoms with Crippen molar-refractivity contribution in [2.45, 2.75) is 6.92 Å². The Morgan fingerprint density at radius 2 is 2.00 bits per heavy atom. The van der Waals surface area contributed by atoms with Gasteiger partial charge in [0.15, 0.2) is 23.7 Å². The number of benzene rings is 2. The number of oxazole rings is 1. The molecule has 0 saturated heterocycles. The Balaban J connectivity index is 1.70. The number of anilines is 1. The van der Waals surface area contributed by atoms with Crippen molar-refractivity contribution in [3.05, 3.63) is 66.7 Å². The van der Waals surface area contributed by atoms with Crippen molar-refractivity contribution in [1.29, 1.82) is 0 Å². The Hall–Kier alpha value is -3.87. The molecule has 3 aromatic rings. The first-order valence-corrected chi connectivity index (χ1v) is 8.39. The summed E-state index contributed by atoms with van der Waals surface area (Å²) >= 11 is 0. The van der Waals surface area contributed by atoms with Gasteiger partial charge in [0.2, 0.25) is 5.91 Å². The summed E-state index contributed by atoms with van der Waals surface area (Å²) in [4.78, 5) is 27.3. The van der Waals surface area contributed by atoms with E-state index in [4.69, 9.17) is 13.9 Å². The van der Waals surface area contributed by atoms with E-state index in [-0.39, 0.29) is 11.7 Å². The SMILES string of the molecule is COc1ccc(/C=C/C(=O)Nc2cccc(-c3cnco3)c2)cc1OC(C)=O. The fourth-order valence-corrected chi connectivity index (χ4v) is 2.50. The second-order valence-corrected chi connectivity index (χ2v) is 5.77. The lowest BCUT2D eigenvalue weighted by Gasteiger charge is -2.08. The number of aromatic nitrogens is 1. The number of nitrogens with one attached hydrogen (secondary N) is 1. The van der Waals surface area contributed by atoms with Crippen molar-refractivity contribution in [2.24, 2.45) is 0 Å². The van der Waals surface area contributed by atoms with E-state index >= 15 is 0 Å². The normalized spacial score (nSPS) is 10.6. The van der Waals surface area contributed by atoms with Crippen molar-refractivity contribution in [2.75, 3.05) is 12.4 Å². The van der Waals surface area contributed by atoms with Gasteiger partial charge in [-0.1, -0.05) is 18.2 Å². The molecular formula is C21H18N2O5. The minimum Gasteiger partial charge on any atom is -0.493 e. The molecule has 0 unspecified atom stereocenters. The molecule has 2 aromatic carbocycles. The fourth-order valence-electron chi connectivity index (χ4n) is 2.50. The second kappa shape index (κ2) is 8.68. The summed E-state index contributed by atoms with van der Waals surface area (Å²) in [7, 11) is 1.48. The van der Waals surface area contributed by atoms with E-state index in [0.717, 1.165) is 5.56 Å². The molecule has 7 nitrogen and oxygen atoms in total. The van der Waals surface area contributed by atoms with Crippen LogP contribution in [0.5, 0.6) is 11.5 Å². The van der Waals surface area contributed by atoms with E-state index in [1.165, 1.54) is 26.5 Å². The van der Waals surface area contributed by atoms with Crippen molar-refractivity contribution in [3.8, 4) is 22.8 Å². The molecule has 0 spiro atoms. The van der Waals surface area contributed by atoms with Gasteiger partial charge in [0.25, 0.3) is 0 Å². The number of hydrogen-bond donors (Lipinski definition) is 1. The summed E-state index contributed by atoms with van der Waals surface area (Å²) in [6.07, 6.45) is 5.95. The summed E-state index contributed by atoms with van der Waals surface area (Å²) in [5.41, 5.74) is 2.11. The minimum atomic E-state index is -0.455. The third-order valence-corrected chi connectivity index (χ3v) is 3.72. The summed E-state index contributed by atoms with van der Waals surface area (Å²) in [6, 6.07) is 12.3. The maximum Gasteiger partial charge on any atom is 0.308 e. The highest BCUT2D eigenvalue weighted by Gasteiger charge is 2.08. The molecule has 28 heavy (non-hydrogen) atoms. The van der Waals surface area contributed by atoms with Gasteiger partial charge in [-0.2, -0.15) is 0 Å². The molecule has 0 fully saturated rings. The first kappa shape index (κ1) is 18.9. The Morgan fingerprint density at radius 1 is 1.14 bits per heavy atom. The van der Waals surface area contributed by atoms with Crippen molar-refractivity contribution in [1.82, 2.24) is 4.98 Å². The van der Waals surface area contributed by atoms with E-state index in [9.17, 15) is 9.59 Å². The molecular weight excluding hydrogens is 360 g/mol. The molecule has 7 heteroatoms. The van der Waals surface area contributed by atoms with Gasteiger partial charge in [0.1, 0.15) is 0 Å². The first-order chi connectivity index (χ1) is 13.5. The monoisotopic (exact) mass is 378 g/mol. The number of amides is 1. The van der Waals surface area contributed by atoms with Crippen LogP contribution in [0.4, 0.5) is 5.69 Å². The summed E-state index contributed by atoms with van der Waals surface area (Å²) in [6.45, 7) is 1.31.